The molecule has 25 heavy (non-hydrogen) atoms. The lowest BCUT2D eigenvalue weighted by Crippen LogP contribution is -2.32. The number of carboxylic acids is 1. The van der Waals surface area contributed by atoms with Crippen LogP contribution in [-0.4, -0.2) is 22.1 Å². The third-order valence-electron chi connectivity index (χ3n) is 3.00. The van der Waals surface area contributed by atoms with E-state index in [4.69, 9.17) is 40.5 Å². The Morgan fingerprint density at radius 2 is 1.76 bits per heavy atom. The Bertz CT molecular complexity index is 851. The molecule has 2 aromatic carbocycles. The van der Waals surface area contributed by atoms with Gasteiger partial charge in [0.2, 0.25) is 5.91 Å². The number of rotatable bonds is 4. The third-order valence-corrected chi connectivity index (χ3v) is 3.78. The number of anilines is 1. The van der Waals surface area contributed by atoms with Crippen LogP contribution in [0, 0.1) is 0 Å². The summed E-state index contributed by atoms with van der Waals surface area (Å²) >= 11 is 16.8. The Labute approximate surface area is 159 Å². The second-order valence-corrected chi connectivity index (χ2v) is 6.08. The van der Waals surface area contributed by atoms with Crippen LogP contribution in [0.3, 0.4) is 0 Å². The van der Waals surface area contributed by atoms with E-state index in [9.17, 15) is 9.59 Å². The van der Waals surface area contributed by atoms with Crippen molar-refractivity contribution in [2.75, 3.05) is 5.32 Å². The van der Waals surface area contributed by atoms with Crippen molar-refractivity contribution in [1.82, 2.24) is 5.32 Å². The van der Waals surface area contributed by atoms with Crippen molar-refractivity contribution in [3.8, 4) is 0 Å². The zero-order chi connectivity index (χ0) is 18.4. The molecule has 0 aliphatic carbocycles. The fourth-order valence-corrected chi connectivity index (χ4v) is 2.31. The van der Waals surface area contributed by atoms with Crippen molar-refractivity contribution in [2.45, 2.75) is 0 Å². The molecule has 0 radical (unpaired) electrons. The molecule has 5 nitrogen and oxygen atoms in total. The van der Waals surface area contributed by atoms with Crippen molar-refractivity contribution in [2.24, 2.45) is 0 Å². The van der Waals surface area contributed by atoms with Gasteiger partial charge in [-0.05, 0) is 54.2 Å². The zero-order valence-electron chi connectivity index (χ0n) is 12.6. The van der Waals surface area contributed by atoms with Crippen LogP contribution in [0.5, 0.6) is 0 Å². The summed E-state index contributed by atoms with van der Waals surface area (Å²) in [4.78, 5) is 22.8. The maximum absolute atomic E-state index is 11.9. The van der Waals surface area contributed by atoms with E-state index in [1.165, 1.54) is 24.3 Å². The van der Waals surface area contributed by atoms with Gasteiger partial charge in [0.25, 0.3) is 0 Å². The van der Waals surface area contributed by atoms with E-state index < -0.39 is 11.9 Å². The summed E-state index contributed by atoms with van der Waals surface area (Å²) in [5.41, 5.74) is 1.13. The molecule has 0 fully saturated rings. The number of aromatic carboxylic acids is 1. The minimum atomic E-state index is -1.10. The van der Waals surface area contributed by atoms with Gasteiger partial charge in [0.05, 0.1) is 16.3 Å². The molecule has 3 N–H and O–H groups in total. The van der Waals surface area contributed by atoms with Gasteiger partial charge in [-0.3, -0.25) is 10.1 Å². The minimum absolute atomic E-state index is 0.00445. The highest BCUT2D eigenvalue weighted by Crippen LogP contribution is 2.23. The first-order chi connectivity index (χ1) is 11.8. The predicted molar refractivity (Wildman–Crippen MR) is 103 cm³/mol. The molecule has 0 atom stereocenters. The monoisotopic (exact) mass is 394 g/mol. The topological polar surface area (TPSA) is 78.4 Å². The van der Waals surface area contributed by atoms with Crippen molar-refractivity contribution < 1.29 is 14.7 Å². The minimum Gasteiger partial charge on any atom is -0.478 e. The van der Waals surface area contributed by atoms with Gasteiger partial charge in [-0.25, -0.2) is 4.79 Å². The largest absolute Gasteiger partial charge is 0.478 e. The predicted octanol–water partition coefficient (Wildman–Crippen LogP) is 4.22. The third kappa shape index (κ3) is 5.86. The van der Waals surface area contributed by atoms with Crippen LogP contribution >= 0.6 is 35.4 Å². The second kappa shape index (κ2) is 8.62. The Morgan fingerprint density at radius 1 is 1.08 bits per heavy atom. The molecule has 0 spiro atoms. The molecule has 8 heteroatoms. The van der Waals surface area contributed by atoms with Crippen LogP contribution in [-0.2, 0) is 4.79 Å². The zero-order valence-corrected chi connectivity index (χ0v) is 15.0. The van der Waals surface area contributed by atoms with Crippen LogP contribution in [0.25, 0.3) is 6.08 Å². The van der Waals surface area contributed by atoms with E-state index in [2.05, 4.69) is 10.6 Å². The Balaban J connectivity index is 1.97. The second-order valence-electron chi connectivity index (χ2n) is 4.83. The molecule has 0 aliphatic heterocycles. The Hall–Kier alpha value is -2.41. The SMILES string of the molecule is O=C(/C=C/c1ccc(Cl)cc1)NC(=S)Nc1cc(C(=O)O)ccc1Cl. The highest BCUT2D eigenvalue weighted by atomic mass is 35.5. The summed E-state index contributed by atoms with van der Waals surface area (Å²) in [5, 5.41) is 15.0. The quantitative estimate of drug-likeness (QED) is 0.534. The standard InChI is InChI=1S/C17H12Cl2N2O3S/c18-12-5-1-10(2-6-12)3-8-15(22)21-17(25)20-14-9-11(16(23)24)4-7-13(14)19/h1-9H,(H,23,24)(H2,20,21,22,25)/b8-3+. The van der Waals surface area contributed by atoms with Crippen LogP contribution < -0.4 is 10.6 Å². The summed E-state index contributed by atoms with van der Waals surface area (Å²) in [7, 11) is 0. The van der Waals surface area contributed by atoms with E-state index in [0.717, 1.165) is 5.56 Å². The van der Waals surface area contributed by atoms with Crippen LogP contribution in [0.2, 0.25) is 10.0 Å². The van der Waals surface area contributed by atoms with E-state index in [-0.39, 0.29) is 21.4 Å². The number of amides is 1. The average molecular weight is 395 g/mol. The summed E-state index contributed by atoms with van der Waals surface area (Å²) < 4.78 is 0. The molecule has 0 aromatic heterocycles. The lowest BCUT2D eigenvalue weighted by Gasteiger charge is -2.10. The molecule has 0 heterocycles. The number of nitrogens with one attached hydrogen (secondary N) is 2. The smallest absolute Gasteiger partial charge is 0.335 e. The van der Waals surface area contributed by atoms with Crippen LogP contribution in [0.15, 0.2) is 48.5 Å². The van der Waals surface area contributed by atoms with Gasteiger partial charge in [0, 0.05) is 11.1 Å². The molecular weight excluding hydrogens is 383 g/mol. The highest BCUT2D eigenvalue weighted by Gasteiger charge is 2.09. The van der Waals surface area contributed by atoms with E-state index in [1.807, 2.05) is 0 Å². The molecule has 0 saturated heterocycles. The highest BCUT2D eigenvalue weighted by molar-refractivity contribution is 7.80. The number of halogens is 2. The number of hydrogen-bond acceptors (Lipinski definition) is 3. The summed E-state index contributed by atoms with van der Waals surface area (Å²) in [6.07, 6.45) is 2.92. The van der Waals surface area contributed by atoms with Gasteiger partial charge in [-0.15, -0.1) is 0 Å². The van der Waals surface area contributed by atoms with Crippen LogP contribution in [0.4, 0.5) is 5.69 Å². The molecule has 0 saturated carbocycles. The average Bonchev–Trinajstić information content (AvgIpc) is 2.56. The summed E-state index contributed by atoms with van der Waals surface area (Å²) in [6.45, 7) is 0. The number of carbonyl (C=O) groups is 2. The molecule has 2 rings (SSSR count). The lowest BCUT2D eigenvalue weighted by molar-refractivity contribution is -0.115. The molecule has 2 aromatic rings. The Morgan fingerprint density at radius 3 is 2.40 bits per heavy atom. The van der Waals surface area contributed by atoms with Gasteiger partial charge in [0.1, 0.15) is 0 Å². The number of carboxylic acid groups (broad SMARTS) is 1. The van der Waals surface area contributed by atoms with Gasteiger partial charge in [0.15, 0.2) is 5.11 Å². The van der Waals surface area contributed by atoms with Gasteiger partial charge in [-0.2, -0.15) is 0 Å². The number of carbonyl (C=O) groups excluding carboxylic acids is 1. The maximum atomic E-state index is 11.9. The fraction of sp³-hybridized carbons (Fsp3) is 0. The first-order valence-electron chi connectivity index (χ1n) is 6.93. The van der Waals surface area contributed by atoms with Crippen molar-refractivity contribution in [3.63, 3.8) is 0 Å². The normalized spacial score (nSPS) is 10.5. The van der Waals surface area contributed by atoms with Crippen LogP contribution in [0.1, 0.15) is 15.9 Å². The van der Waals surface area contributed by atoms with Gasteiger partial charge >= 0.3 is 5.97 Å². The number of hydrogen-bond donors (Lipinski definition) is 3. The van der Waals surface area contributed by atoms with Gasteiger partial charge in [-0.1, -0.05) is 35.3 Å². The first-order valence-corrected chi connectivity index (χ1v) is 8.10. The summed E-state index contributed by atoms with van der Waals surface area (Å²) in [6, 6.07) is 11.1. The molecule has 128 valence electrons. The van der Waals surface area contributed by atoms with Crippen molar-refractivity contribution in [1.29, 1.82) is 0 Å². The molecule has 1 amide bonds. The summed E-state index contributed by atoms with van der Waals surface area (Å²) in [5.74, 6) is -1.54. The Kier molecular flexibility index (Phi) is 6.52. The first kappa shape index (κ1) is 18.9. The van der Waals surface area contributed by atoms with Crippen molar-refractivity contribution in [3.05, 3.63) is 69.7 Å². The van der Waals surface area contributed by atoms with Crippen molar-refractivity contribution >= 4 is 64.2 Å². The van der Waals surface area contributed by atoms with E-state index in [0.29, 0.717) is 5.02 Å². The maximum Gasteiger partial charge on any atom is 0.335 e. The number of benzene rings is 2. The molecule has 0 unspecified atom stereocenters. The molecule has 0 aliphatic rings. The van der Waals surface area contributed by atoms with Gasteiger partial charge < -0.3 is 10.4 Å². The van der Waals surface area contributed by atoms with E-state index in [1.54, 1.807) is 30.3 Å². The molecule has 0 bridgehead atoms. The fourth-order valence-electron chi connectivity index (χ4n) is 1.81. The van der Waals surface area contributed by atoms with E-state index >= 15 is 0 Å². The number of thiocarbonyl (C=S) groups is 1. The molecular formula is C17H12Cl2N2O3S. The lowest BCUT2D eigenvalue weighted by atomic mass is 10.2.